The molecule has 0 aliphatic carbocycles. The van der Waals surface area contributed by atoms with E-state index in [4.69, 9.17) is 15.6 Å². The Kier molecular flexibility index (Phi) is 5.82. The predicted molar refractivity (Wildman–Crippen MR) is 109 cm³/mol. The van der Waals surface area contributed by atoms with Crippen molar-refractivity contribution in [2.75, 3.05) is 25.9 Å². The van der Waals surface area contributed by atoms with Crippen molar-refractivity contribution in [3.05, 3.63) is 30.1 Å². The van der Waals surface area contributed by atoms with E-state index in [1.165, 1.54) is 6.33 Å². The van der Waals surface area contributed by atoms with Gasteiger partial charge < -0.3 is 15.8 Å². The molecular formula is C19H25ClN6O. The van der Waals surface area contributed by atoms with Crippen LogP contribution in [0.15, 0.2) is 24.5 Å². The summed E-state index contributed by atoms with van der Waals surface area (Å²) in [5.41, 5.74) is 9.89. The molecule has 0 saturated carbocycles. The number of halogens is 1. The maximum atomic E-state index is 6.20. The number of fused-ring (bicyclic) bond motifs is 1. The number of methoxy groups -OCH3 is 1. The molecule has 7 nitrogen and oxygen atoms in total. The molecule has 1 aliphatic heterocycles. The molecule has 0 bridgehead atoms. The van der Waals surface area contributed by atoms with Crippen LogP contribution in [0.1, 0.15) is 18.4 Å². The highest BCUT2D eigenvalue weighted by atomic mass is 35.5. The van der Waals surface area contributed by atoms with E-state index in [-0.39, 0.29) is 12.4 Å². The topological polar surface area (TPSA) is 90.9 Å². The van der Waals surface area contributed by atoms with Crippen molar-refractivity contribution in [1.29, 1.82) is 0 Å². The van der Waals surface area contributed by atoms with Crippen LogP contribution in [0.25, 0.3) is 22.3 Å². The summed E-state index contributed by atoms with van der Waals surface area (Å²) >= 11 is 0. The Labute approximate surface area is 164 Å². The molecular weight excluding hydrogens is 364 g/mol. The molecule has 1 aromatic carbocycles. The van der Waals surface area contributed by atoms with Crippen LogP contribution in [0.5, 0.6) is 5.75 Å². The molecule has 0 radical (unpaired) electrons. The molecule has 3 heterocycles. The van der Waals surface area contributed by atoms with Gasteiger partial charge in [-0.05, 0) is 62.5 Å². The highest BCUT2D eigenvalue weighted by molar-refractivity contribution is 5.98. The predicted octanol–water partition coefficient (Wildman–Crippen LogP) is 2.81. The molecule has 144 valence electrons. The highest BCUT2D eigenvalue weighted by Crippen LogP contribution is 2.33. The normalized spacial score (nSPS) is 14.9. The summed E-state index contributed by atoms with van der Waals surface area (Å²) in [7, 11) is 1.68. The van der Waals surface area contributed by atoms with Crippen molar-refractivity contribution in [2.45, 2.75) is 26.3 Å². The molecule has 0 spiro atoms. The summed E-state index contributed by atoms with van der Waals surface area (Å²) in [5, 5.41) is 9.12. The van der Waals surface area contributed by atoms with Crippen LogP contribution < -0.4 is 15.8 Å². The number of nitrogens with zero attached hydrogens (tertiary/aromatic N) is 4. The van der Waals surface area contributed by atoms with Gasteiger partial charge >= 0.3 is 0 Å². The first-order valence-corrected chi connectivity index (χ1v) is 9.00. The van der Waals surface area contributed by atoms with E-state index >= 15 is 0 Å². The summed E-state index contributed by atoms with van der Waals surface area (Å²) in [6.45, 7) is 5.00. The fourth-order valence-corrected chi connectivity index (χ4v) is 3.69. The Morgan fingerprint density at radius 1 is 1.26 bits per heavy atom. The van der Waals surface area contributed by atoms with Gasteiger partial charge in [-0.15, -0.1) is 12.4 Å². The lowest BCUT2D eigenvalue weighted by atomic mass is 9.98. The van der Waals surface area contributed by atoms with Gasteiger partial charge in [0.05, 0.1) is 12.5 Å². The summed E-state index contributed by atoms with van der Waals surface area (Å²) in [6, 6.07) is 6.04. The van der Waals surface area contributed by atoms with E-state index in [2.05, 4.69) is 21.4 Å². The smallest absolute Gasteiger partial charge is 0.163 e. The molecule has 0 atom stereocenters. The van der Waals surface area contributed by atoms with Gasteiger partial charge in [0.15, 0.2) is 5.65 Å². The third-order valence-electron chi connectivity index (χ3n) is 5.12. The van der Waals surface area contributed by atoms with E-state index < -0.39 is 0 Å². The van der Waals surface area contributed by atoms with Crippen molar-refractivity contribution in [3.8, 4) is 17.0 Å². The average Bonchev–Trinajstić information content (AvgIpc) is 3.02. The lowest BCUT2D eigenvalue weighted by Crippen LogP contribution is -2.30. The van der Waals surface area contributed by atoms with Gasteiger partial charge in [-0.1, -0.05) is 0 Å². The van der Waals surface area contributed by atoms with Gasteiger partial charge in [0.2, 0.25) is 0 Å². The van der Waals surface area contributed by atoms with Gasteiger partial charge in [-0.2, -0.15) is 5.10 Å². The summed E-state index contributed by atoms with van der Waals surface area (Å²) in [4.78, 5) is 8.67. The van der Waals surface area contributed by atoms with Gasteiger partial charge in [0.1, 0.15) is 23.6 Å². The maximum absolute atomic E-state index is 6.20. The maximum Gasteiger partial charge on any atom is 0.163 e. The Morgan fingerprint density at radius 2 is 2.04 bits per heavy atom. The highest BCUT2D eigenvalue weighted by Gasteiger charge is 2.21. The van der Waals surface area contributed by atoms with Crippen LogP contribution in [0.3, 0.4) is 0 Å². The largest absolute Gasteiger partial charge is 0.496 e. The van der Waals surface area contributed by atoms with Gasteiger partial charge in [0.25, 0.3) is 0 Å². The van der Waals surface area contributed by atoms with Gasteiger partial charge in [-0.25, -0.2) is 14.6 Å². The molecule has 0 amide bonds. The quantitative estimate of drug-likeness (QED) is 0.714. The first-order valence-electron chi connectivity index (χ1n) is 9.00. The van der Waals surface area contributed by atoms with Crippen molar-refractivity contribution >= 4 is 29.3 Å². The number of nitrogens with one attached hydrogen (secondary N) is 1. The number of nitrogens with two attached hydrogens (primary N) is 1. The zero-order valence-electron chi connectivity index (χ0n) is 15.6. The van der Waals surface area contributed by atoms with Gasteiger partial charge in [0, 0.05) is 12.1 Å². The van der Waals surface area contributed by atoms with E-state index in [1.807, 2.05) is 23.7 Å². The second kappa shape index (κ2) is 8.10. The van der Waals surface area contributed by atoms with Crippen LogP contribution in [0, 0.1) is 12.8 Å². The van der Waals surface area contributed by atoms with Crippen molar-refractivity contribution in [2.24, 2.45) is 5.92 Å². The zero-order chi connectivity index (χ0) is 18.1. The van der Waals surface area contributed by atoms with Crippen LogP contribution in [0.4, 0.5) is 5.82 Å². The number of rotatable bonds is 4. The minimum Gasteiger partial charge on any atom is -0.496 e. The molecule has 0 unspecified atom stereocenters. The molecule has 2 aromatic heterocycles. The minimum absolute atomic E-state index is 0. The monoisotopic (exact) mass is 388 g/mol. The lowest BCUT2D eigenvalue weighted by Gasteiger charge is -2.22. The Bertz CT molecular complexity index is 935. The summed E-state index contributed by atoms with van der Waals surface area (Å²) in [5.74, 6) is 1.92. The fraction of sp³-hybridized carbons (Fsp3) is 0.421. The zero-order valence-corrected chi connectivity index (χ0v) is 16.4. The molecule has 3 aromatic rings. The fourth-order valence-electron chi connectivity index (χ4n) is 3.69. The molecule has 1 fully saturated rings. The van der Waals surface area contributed by atoms with Crippen LogP contribution >= 0.6 is 12.4 Å². The van der Waals surface area contributed by atoms with Crippen LogP contribution in [-0.2, 0) is 6.54 Å². The first-order chi connectivity index (χ1) is 12.7. The SMILES string of the molecule is COc1ccc(-c2nn(CC3CCNCC3)c3ncnc(N)c23)cc1C.Cl. The molecule has 8 heteroatoms. The third-order valence-corrected chi connectivity index (χ3v) is 5.12. The lowest BCUT2D eigenvalue weighted by molar-refractivity contribution is 0.325. The molecule has 1 aliphatic rings. The number of aromatic nitrogens is 4. The van der Waals surface area contributed by atoms with E-state index in [0.717, 1.165) is 66.1 Å². The number of benzene rings is 1. The second-order valence-corrected chi connectivity index (χ2v) is 6.87. The molecule has 1 saturated heterocycles. The van der Waals surface area contributed by atoms with Crippen molar-refractivity contribution in [1.82, 2.24) is 25.1 Å². The van der Waals surface area contributed by atoms with E-state index in [1.54, 1.807) is 7.11 Å². The first kappa shape index (κ1) is 19.4. The minimum atomic E-state index is 0. The standard InChI is InChI=1S/C19H24N6O.ClH/c1-12-9-14(3-4-15(12)26-2)17-16-18(20)22-11-23-19(16)25(24-17)10-13-5-7-21-8-6-13;/h3-4,9,11,13,21H,5-8,10H2,1-2H3,(H2,20,22,23);1H. The molecule has 3 N–H and O–H groups in total. The molecule has 27 heavy (non-hydrogen) atoms. The number of nitrogen functional groups attached to an aromatic ring is 1. The number of piperidine rings is 1. The van der Waals surface area contributed by atoms with E-state index in [0.29, 0.717) is 11.7 Å². The average molecular weight is 389 g/mol. The molecule has 4 rings (SSSR count). The van der Waals surface area contributed by atoms with E-state index in [9.17, 15) is 0 Å². The number of hydrogen-bond acceptors (Lipinski definition) is 6. The Balaban J connectivity index is 0.00000210. The Morgan fingerprint density at radius 3 is 2.74 bits per heavy atom. The number of ether oxygens (including phenoxy) is 1. The van der Waals surface area contributed by atoms with Gasteiger partial charge in [-0.3, -0.25) is 0 Å². The number of aryl methyl sites for hydroxylation is 1. The van der Waals surface area contributed by atoms with Crippen LogP contribution in [-0.4, -0.2) is 39.9 Å². The van der Waals surface area contributed by atoms with Crippen molar-refractivity contribution < 1.29 is 4.74 Å². The second-order valence-electron chi connectivity index (χ2n) is 6.87. The number of hydrogen-bond donors (Lipinski definition) is 2. The summed E-state index contributed by atoms with van der Waals surface area (Å²) in [6.07, 6.45) is 3.82. The third kappa shape index (κ3) is 3.70. The van der Waals surface area contributed by atoms with Crippen molar-refractivity contribution in [3.63, 3.8) is 0 Å². The Hall–Kier alpha value is -2.38. The van der Waals surface area contributed by atoms with Crippen LogP contribution in [0.2, 0.25) is 0 Å². The summed E-state index contributed by atoms with van der Waals surface area (Å²) < 4.78 is 7.37. The number of anilines is 1.